The summed E-state index contributed by atoms with van der Waals surface area (Å²) in [7, 11) is 1.92. The van der Waals surface area contributed by atoms with Crippen molar-refractivity contribution < 1.29 is 0 Å². The van der Waals surface area contributed by atoms with E-state index >= 15 is 0 Å². The van der Waals surface area contributed by atoms with Crippen LogP contribution >= 0.6 is 11.6 Å². The van der Waals surface area contributed by atoms with Gasteiger partial charge in [-0.3, -0.25) is 4.98 Å². The molecule has 0 bridgehead atoms. The number of aromatic nitrogens is 1. The Labute approximate surface area is 111 Å². The van der Waals surface area contributed by atoms with Crippen molar-refractivity contribution in [3.8, 4) is 6.07 Å². The van der Waals surface area contributed by atoms with Crippen molar-refractivity contribution in [3.63, 3.8) is 0 Å². The highest BCUT2D eigenvalue weighted by atomic mass is 35.5. The molecule has 0 N–H and O–H groups in total. The third-order valence-corrected chi connectivity index (χ3v) is 3.07. The minimum atomic E-state index is 0.611. The van der Waals surface area contributed by atoms with Crippen LogP contribution in [-0.4, -0.2) is 12.0 Å². The van der Waals surface area contributed by atoms with Crippen LogP contribution in [0, 0.1) is 11.3 Å². The van der Waals surface area contributed by atoms with Crippen molar-refractivity contribution in [1.82, 2.24) is 4.98 Å². The fourth-order valence-electron chi connectivity index (χ4n) is 1.75. The van der Waals surface area contributed by atoms with Crippen molar-refractivity contribution >= 4 is 17.3 Å². The molecule has 0 saturated carbocycles. The fourth-order valence-corrected chi connectivity index (χ4v) is 1.95. The Morgan fingerprint density at radius 3 is 2.83 bits per heavy atom. The van der Waals surface area contributed by atoms with Crippen LogP contribution in [0.3, 0.4) is 0 Å². The summed E-state index contributed by atoms with van der Waals surface area (Å²) in [5, 5.41) is 9.79. The molecule has 0 fully saturated rings. The molecule has 0 aliphatic heterocycles. The summed E-state index contributed by atoms with van der Waals surface area (Å²) in [6, 6.07) is 11.6. The predicted molar refractivity (Wildman–Crippen MR) is 72.5 cm³/mol. The lowest BCUT2D eigenvalue weighted by Gasteiger charge is -2.20. The third-order valence-electron chi connectivity index (χ3n) is 2.70. The average molecular weight is 258 g/mol. The molecule has 2 rings (SSSR count). The second-order valence-corrected chi connectivity index (χ2v) is 4.36. The second-order valence-electron chi connectivity index (χ2n) is 3.95. The highest BCUT2D eigenvalue weighted by molar-refractivity contribution is 6.31. The first-order valence-corrected chi connectivity index (χ1v) is 5.89. The van der Waals surface area contributed by atoms with Gasteiger partial charge in [-0.2, -0.15) is 5.26 Å². The van der Waals surface area contributed by atoms with Gasteiger partial charge in [-0.1, -0.05) is 29.8 Å². The Kier molecular flexibility index (Phi) is 3.81. The van der Waals surface area contributed by atoms with Gasteiger partial charge in [0.25, 0.3) is 0 Å². The maximum absolute atomic E-state index is 9.06. The summed E-state index contributed by atoms with van der Waals surface area (Å²) in [6.45, 7) is 0.639. The SMILES string of the molecule is CN(Cc1ccccc1Cl)c1cnccc1C#N. The zero-order chi connectivity index (χ0) is 13.0. The van der Waals surface area contributed by atoms with Crippen LogP contribution in [0.2, 0.25) is 5.02 Å². The van der Waals surface area contributed by atoms with E-state index in [-0.39, 0.29) is 0 Å². The van der Waals surface area contributed by atoms with E-state index in [1.54, 1.807) is 18.5 Å². The van der Waals surface area contributed by atoms with E-state index in [1.807, 2.05) is 36.2 Å². The third kappa shape index (κ3) is 2.61. The summed E-state index contributed by atoms with van der Waals surface area (Å²) < 4.78 is 0. The molecular weight excluding hydrogens is 246 g/mol. The van der Waals surface area contributed by atoms with E-state index in [4.69, 9.17) is 16.9 Å². The molecule has 0 aliphatic carbocycles. The zero-order valence-electron chi connectivity index (χ0n) is 9.97. The van der Waals surface area contributed by atoms with Crippen molar-refractivity contribution in [3.05, 3.63) is 58.9 Å². The van der Waals surface area contributed by atoms with Gasteiger partial charge in [-0.15, -0.1) is 0 Å². The van der Waals surface area contributed by atoms with Crippen molar-refractivity contribution in [2.45, 2.75) is 6.54 Å². The maximum atomic E-state index is 9.06. The van der Waals surface area contributed by atoms with Gasteiger partial charge in [0.05, 0.1) is 17.4 Å². The van der Waals surface area contributed by atoms with Gasteiger partial charge < -0.3 is 4.90 Å². The minimum Gasteiger partial charge on any atom is -0.368 e. The lowest BCUT2D eigenvalue weighted by Crippen LogP contribution is -2.18. The quantitative estimate of drug-likeness (QED) is 0.847. The van der Waals surface area contributed by atoms with Crippen LogP contribution in [0.15, 0.2) is 42.7 Å². The molecule has 4 heteroatoms. The lowest BCUT2D eigenvalue weighted by molar-refractivity contribution is 0.915. The van der Waals surface area contributed by atoms with Gasteiger partial charge >= 0.3 is 0 Å². The Balaban J connectivity index is 2.26. The number of halogens is 1. The van der Waals surface area contributed by atoms with Gasteiger partial charge in [-0.05, 0) is 17.7 Å². The molecule has 1 heterocycles. The van der Waals surface area contributed by atoms with Crippen molar-refractivity contribution in [1.29, 1.82) is 5.26 Å². The van der Waals surface area contributed by atoms with Crippen LogP contribution in [0.4, 0.5) is 5.69 Å². The van der Waals surface area contributed by atoms with Crippen LogP contribution in [0.1, 0.15) is 11.1 Å². The second kappa shape index (κ2) is 5.52. The van der Waals surface area contributed by atoms with E-state index in [1.165, 1.54) is 0 Å². The highest BCUT2D eigenvalue weighted by Crippen LogP contribution is 2.22. The molecule has 90 valence electrons. The van der Waals surface area contributed by atoms with Gasteiger partial charge in [0.2, 0.25) is 0 Å². The number of rotatable bonds is 3. The van der Waals surface area contributed by atoms with E-state index in [0.29, 0.717) is 12.1 Å². The molecule has 18 heavy (non-hydrogen) atoms. The molecule has 2 aromatic rings. The van der Waals surface area contributed by atoms with Crippen molar-refractivity contribution in [2.24, 2.45) is 0 Å². The maximum Gasteiger partial charge on any atom is 0.101 e. The average Bonchev–Trinajstić information content (AvgIpc) is 2.41. The summed E-state index contributed by atoms with van der Waals surface area (Å²) in [5.74, 6) is 0. The number of hydrogen-bond acceptors (Lipinski definition) is 3. The van der Waals surface area contributed by atoms with Crippen LogP contribution < -0.4 is 4.90 Å². The van der Waals surface area contributed by atoms with E-state index in [9.17, 15) is 0 Å². The van der Waals surface area contributed by atoms with Gasteiger partial charge in [0, 0.05) is 24.8 Å². The molecule has 3 nitrogen and oxygen atoms in total. The van der Waals surface area contributed by atoms with Crippen LogP contribution in [-0.2, 0) is 6.54 Å². The summed E-state index contributed by atoms with van der Waals surface area (Å²) in [6.07, 6.45) is 3.31. The normalized spacial score (nSPS) is 9.83. The molecular formula is C14H12ClN3. The standard InChI is InChI=1S/C14H12ClN3/c1-18(10-12-4-2-3-5-13(12)15)14-9-17-7-6-11(14)8-16/h2-7,9H,10H2,1H3. The molecule has 0 aliphatic rings. The first-order valence-electron chi connectivity index (χ1n) is 5.51. The lowest BCUT2D eigenvalue weighted by atomic mass is 10.2. The number of pyridine rings is 1. The number of hydrogen-bond donors (Lipinski definition) is 0. The summed E-state index contributed by atoms with van der Waals surface area (Å²) in [5.41, 5.74) is 2.44. The zero-order valence-corrected chi connectivity index (χ0v) is 10.7. The Hall–Kier alpha value is -2.05. The van der Waals surface area contributed by atoms with Gasteiger partial charge in [0.1, 0.15) is 6.07 Å². The van der Waals surface area contributed by atoms with Crippen LogP contribution in [0.5, 0.6) is 0 Å². The molecule has 0 amide bonds. The van der Waals surface area contributed by atoms with E-state index < -0.39 is 0 Å². The number of benzene rings is 1. The predicted octanol–water partition coefficient (Wildman–Crippen LogP) is 3.24. The molecule has 0 atom stereocenters. The molecule has 0 unspecified atom stereocenters. The number of anilines is 1. The summed E-state index contributed by atoms with van der Waals surface area (Å²) >= 11 is 6.12. The molecule has 1 aromatic carbocycles. The first kappa shape index (κ1) is 12.4. The highest BCUT2D eigenvalue weighted by Gasteiger charge is 2.09. The number of nitrogens with zero attached hydrogens (tertiary/aromatic N) is 3. The molecule has 0 saturated heterocycles. The van der Waals surface area contributed by atoms with E-state index in [2.05, 4.69) is 11.1 Å². The largest absolute Gasteiger partial charge is 0.368 e. The fraction of sp³-hybridized carbons (Fsp3) is 0.143. The summed E-state index contributed by atoms with van der Waals surface area (Å²) in [4.78, 5) is 6.02. The Bertz CT molecular complexity index is 590. The van der Waals surface area contributed by atoms with E-state index in [0.717, 1.165) is 16.3 Å². The van der Waals surface area contributed by atoms with Crippen molar-refractivity contribution in [2.75, 3.05) is 11.9 Å². The van der Waals surface area contributed by atoms with Crippen LogP contribution in [0.25, 0.3) is 0 Å². The van der Waals surface area contributed by atoms with Gasteiger partial charge in [0.15, 0.2) is 0 Å². The number of nitriles is 1. The minimum absolute atomic E-state index is 0.611. The topological polar surface area (TPSA) is 39.9 Å². The first-order chi connectivity index (χ1) is 8.72. The van der Waals surface area contributed by atoms with Gasteiger partial charge in [-0.25, -0.2) is 0 Å². The monoisotopic (exact) mass is 257 g/mol. The smallest absolute Gasteiger partial charge is 0.101 e. The molecule has 1 aromatic heterocycles. The Morgan fingerprint density at radius 2 is 2.11 bits per heavy atom. The molecule has 0 radical (unpaired) electrons. The Morgan fingerprint density at radius 1 is 1.33 bits per heavy atom. The molecule has 0 spiro atoms.